The highest BCUT2D eigenvalue weighted by Crippen LogP contribution is 2.30. The molecule has 4 rings (SSSR count). The van der Waals surface area contributed by atoms with E-state index in [4.69, 9.17) is 0 Å². The van der Waals surface area contributed by atoms with Crippen LogP contribution in [0.1, 0.15) is 12.0 Å². The fraction of sp³-hybridized carbons (Fsp3) is 0.200. The molecule has 27 heavy (non-hydrogen) atoms. The van der Waals surface area contributed by atoms with Crippen molar-refractivity contribution >= 4 is 27.4 Å². The quantitative estimate of drug-likeness (QED) is 0.819. The predicted molar refractivity (Wildman–Crippen MR) is 104 cm³/mol. The molecule has 0 unspecified atom stereocenters. The number of hydrogen-bond acceptors (Lipinski definition) is 4. The summed E-state index contributed by atoms with van der Waals surface area (Å²) in [5, 5.41) is 0. The average molecular weight is 381 g/mol. The van der Waals surface area contributed by atoms with E-state index in [1.54, 1.807) is 30.3 Å². The number of hydrogen-bond donors (Lipinski definition) is 0. The Morgan fingerprint density at radius 2 is 1.70 bits per heavy atom. The third-order valence-corrected chi connectivity index (χ3v) is 6.38. The van der Waals surface area contributed by atoms with Gasteiger partial charge in [0.2, 0.25) is 9.84 Å². The lowest BCUT2D eigenvalue weighted by Crippen LogP contribution is -2.52. The number of nitrogens with zero attached hydrogens (tertiary/aromatic N) is 3. The third kappa shape index (κ3) is 3.04. The highest BCUT2D eigenvalue weighted by atomic mass is 32.2. The van der Waals surface area contributed by atoms with Crippen molar-refractivity contribution in [2.45, 2.75) is 18.2 Å². The van der Waals surface area contributed by atoms with Gasteiger partial charge in [-0.25, -0.2) is 13.2 Å². The van der Waals surface area contributed by atoms with Crippen LogP contribution in [0.4, 0.5) is 10.5 Å². The molecule has 0 saturated carbocycles. The molecule has 0 atom stereocenters. The van der Waals surface area contributed by atoms with E-state index in [0.717, 1.165) is 5.56 Å². The van der Waals surface area contributed by atoms with Crippen molar-refractivity contribution in [1.82, 2.24) is 4.90 Å². The van der Waals surface area contributed by atoms with Gasteiger partial charge < -0.3 is 0 Å². The predicted octanol–water partition coefficient (Wildman–Crippen LogP) is 3.35. The van der Waals surface area contributed by atoms with Gasteiger partial charge >= 0.3 is 6.03 Å². The van der Waals surface area contributed by atoms with Gasteiger partial charge in [-0.2, -0.15) is 0 Å². The van der Waals surface area contributed by atoms with Crippen LogP contribution in [0, 0.1) is 6.92 Å². The lowest BCUT2D eigenvalue weighted by atomic mass is 10.2. The Morgan fingerprint density at radius 3 is 2.41 bits per heavy atom. The molecule has 7 heteroatoms. The van der Waals surface area contributed by atoms with Gasteiger partial charge in [-0.05, 0) is 37.6 Å². The van der Waals surface area contributed by atoms with Gasteiger partial charge in [0.25, 0.3) is 0 Å². The smallest absolute Gasteiger partial charge is 0.277 e. The summed E-state index contributed by atoms with van der Waals surface area (Å²) in [7, 11) is -3.81. The first-order valence-corrected chi connectivity index (χ1v) is 10.2. The molecule has 138 valence electrons. The molecule has 2 heterocycles. The van der Waals surface area contributed by atoms with Crippen molar-refractivity contribution in [3.63, 3.8) is 0 Å². The molecule has 0 fully saturated rings. The van der Waals surface area contributed by atoms with Gasteiger partial charge in [0.1, 0.15) is 4.91 Å². The molecule has 2 aromatic rings. The molecule has 2 aromatic carbocycles. The van der Waals surface area contributed by atoms with Gasteiger partial charge in [0.15, 0.2) is 5.84 Å². The number of benzene rings is 2. The van der Waals surface area contributed by atoms with E-state index in [9.17, 15) is 13.2 Å². The molecule has 0 saturated heterocycles. The van der Waals surface area contributed by atoms with Crippen LogP contribution in [-0.4, -0.2) is 38.3 Å². The summed E-state index contributed by atoms with van der Waals surface area (Å²) in [5.41, 5.74) is 1.68. The molecule has 0 radical (unpaired) electrons. The maximum Gasteiger partial charge on any atom is 0.334 e. The van der Waals surface area contributed by atoms with E-state index >= 15 is 0 Å². The molecule has 0 aromatic heterocycles. The summed E-state index contributed by atoms with van der Waals surface area (Å²) in [6.45, 7) is 2.91. The minimum atomic E-state index is -3.81. The van der Waals surface area contributed by atoms with Crippen molar-refractivity contribution in [3.05, 3.63) is 71.3 Å². The number of carbonyl (C=O) groups excluding carboxylic acids is 1. The Hall–Kier alpha value is -2.93. The van der Waals surface area contributed by atoms with Gasteiger partial charge in [0, 0.05) is 19.3 Å². The van der Waals surface area contributed by atoms with E-state index in [1.165, 1.54) is 16.0 Å². The number of carbonyl (C=O) groups is 1. The van der Waals surface area contributed by atoms with E-state index in [1.807, 2.05) is 31.2 Å². The summed E-state index contributed by atoms with van der Waals surface area (Å²) in [4.78, 5) is 20.4. The summed E-state index contributed by atoms with van der Waals surface area (Å²) in [5.74, 6) is 0.235. The van der Waals surface area contributed by atoms with Crippen LogP contribution < -0.4 is 4.90 Å². The Balaban J connectivity index is 1.89. The van der Waals surface area contributed by atoms with Gasteiger partial charge in [-0.3, -0.25) is 14.8 Å². The fourth-order valence-corrected chi connectivity index (χ4v) is 4.60. The number of amidine groups is 1. The highest BCUT2D eigenvalue weighted by molar-refractivity contribution is 7.96. The van der Waals surface area contributed by atoms with E-state index in [0.29, 0.717) is 25.2 Å². The van der Waals surface area contributed by atoms with Crippen molar-refractivity contribution in [2.75, 3.05) is 18.0 Å². The fourth-order valence-electron chi connectivity index (χ4n) is 3.17. The Labute approximate surface area is 158 Å². The highest BCUT2D eigenvalue weighted by Gasteiger charge is 2.39. The zero-order valence-corrected chi connectivity index (χ0v) is 15.7. The zero-order chi connectivity index (χ0) is 19.0. The van der Waals surface area contributed by atoms with E-state index in [-0.39, 0.29) is 21.7 Å². The van der Waals surface area contributed by atoms with Crippen LogP contribution in [-0.2, 0) is 9.84 Å². The van der Waals surface area contributed by atoms with Crippen LogP contribution in [0.3, 0.4) is 0 Å². The first-order chi connectivity index (χ1) is 13.0. The van der Waals surface area contributed by atoms with E-state index < -0.39 is 9.84 Å². The number of urea groups is 1. The summed E-state index contributed by atoms with van der Waals surface area (Å²) in [6, 6.07) is 15.3. The molecule has 2 amide bonds. The Bertz CT molecular complexity index is 1040. The first kappa shape index (κ1) is 17.5. The van der Waals surface area contributed by atoms with Crippen LogP contribution in [0.5, 0.6) is 0 Å². The van der Waals surface area contributed by atoms with Crippen LogP contribution >= 0.6 is 0 Å². The number of aliphatic imine (C=N–C) groups is 1. The maximum atomic E-state index is 13.3. The normalized spacial score (nSPS) is 17.3. The number of sulfone groups is 1. The van der Waals surface area contributed by atoms with Crippen LogP contribution in [0.25, 0.3) is 0 Å². The molecule has 0 aliphatic carbocycles. The van der Waals surface area contributed by atoms with E-state index in [2.05, 4.69) is 4.99 Å². The van der Waals surface area contributed by atoms with Crippen LogP contribution in [0.15, 0.2) is 75.6 Å². The molecular weight excluding hydrogens is 362 g/mol. The summed E-state index contributed by atoms with van der Waals surface area (Å²) in [6.07, 6.45) is 2.10. The second-order valence-electron chi connectivity index (χ2n) is 6.51. The van der Waals surface area contributed by atoms with Crippen molar-refractivity contribution in [3.8, 4) is 0 Å². The lowest BCUT2D eigenvalue weighted by Gasteiger charge is -2.36. The topological polar surface area (TPSA) is 70.1 Å². The number of amides is 2. The zero-order valence-electron chi connectivity index (χ0n) is 14.9. The van der Waals surface area contributed by atoms with Crippen molar-refractivity contribution < 1.29 is 13.2 Å². The second kappa shape index (κ2) is 6.66. The Morgan fingerprint density at radius 1 is 1.00 bits per heavy atom. The number of anilines is 1. The van der Waals surface area contributed by atoms with Gasteiger partial charge in [-0.1, -0.05) is 35.9 Å². The molecular formula is C20H19N3O3S. The second-order valence-corrected chi connectivity index (χ2v) is 8.43. The minimum absolute atomic E-state index is 0.0496. The molecule has 6 nitrogen and oxygen atoms in total. The lowest BCUT2D eigenvalue weighted by molar-refractivity contribution is 0.226. The summed E-state index contributed by atoms with van der Waals surface area (Å²) >= 11 is 0. The molecule has 0 spiro atoms. The maximum absolute atomic E-state index is 13.3. The molecule has 2 aliphatic rings. The molecule has 0 N–H and O–H groups in total. The van der Waals surface area contributed by atoms with Crippen molar-refractivity contribution in [2.24, 2.45) is 4.99 Å². The van der Waals surface area contributed by atoms with Gasteiger partial charge in [0.05, 0.1) is 10.6 Å². The number of aryl methyl sites for hydroxylation is 1. The standard InChI is InChI=1S/C20H19N3O3S/c1-15-8-10-16(11-9-15)23-14-18(19-21-12-5-13-22(19)20(23)24)27(25,26)17-6-3-2-4-7-17/h2-4,6-11,14H,5,12-13H2,1H3. The Kier molecular flexibility index (Phi) is 4.31. The van der Waals surface area contributed by atoms with Gasteiger partial charge in [-0.15, -0.1) is 0 Å². The summed E-state index contributed by atoms with van der Waals surface area (Å²) < 4.78 is 26.5. The number of rotatable bonds is 3. The molecule has 2 aliphatic heterocycles. The number of fused-ring (bicyclic) bond motifs is 1. The minimum Gasteiger partial charge on any atom is -0.277 e. The monoisotopic (exact) mass is 381 g/mol. The molecule has 0 bridgehead atoms. The van der Waals surface area contributed by atoms with Crippen molar-refractivity contribution in [1.29, 1.82) is 0 Å². The van der Waals surface area contributed by atoms with Crippen LogP contribution in [0.2, 0.25) is 0 Å². The largest absolute Gasteiger partial charge is 0.334 e. The average Bonchev–Trinajstić information content (AvgIpc) is 2.70. The SMILES string of the molecule is Cc1ccc(N2C=C(S(=O)(=O)c3ccccc3)C3=NCCCN3C2=O)cc1. The third-order valence-electron chi connectivity index (χ3n) is 4.62. The first-order valence-electron chi connectivity index (χ1n) is 8.73.